The lowest BCUT2D eigenvalue weighted by Gasteiger charge is -2.13. The minimum atomic E-state index is -4.00. The van der Waals surface area contributed by atoms with Gasteiger partial charge >= 0.3 is 0 Å². The highest BCUT2D eigenvalue weighted by atomic mass is 35.5. The molecule has 2 aromatic carbocycles. The zero-order valence-corrected chi connectivity index (χ0v) is 15.9. The third-order valence-corrected chi connectivity index (χ3v) is 4.69. The zero-order chi connectivity index (χ0) is 19.2. The van der Waals surface area contributed by atoms with Crippen molar-refractivity contribution < 1.29 is 22.7 Å². The van der Waals surface area contributed by atoms with Gasteiger partial charge in [-0.2, -0.15) is 0 Å². The van der Waals surface area contributed by atoms with E-state index >= 15 is 0 Å². The third-order valence-electron chi connectivity index (χ3n) is 3.21. The first-order valence-electron chi connectivity index (χ1n) is 7.84. The lowest BCUT2D eigenvalue weighted by Crippen LogP contribution is -2.41. The minimum Gasteiger partial charge on any atom is -0.490 e. The van der Waals surface area contributed by atoms with Crippen LogP contribution in [-0.4, -0.2) is 27.5 Å². The monoisotopic (exact) mass is 398 g/mol. The van der Waals surface area contributed by atoms with E-state index in [0.29, 0.717) is 29.7 Å². The molecule has 0 spiro atoms. The van der Waals surface area contributed by atoms with Gasteiger partial charge in [-0.3, -0.25) is 10.2 Å². The zero-order valence-electron chi connectivity index (χ0n) is 14.3. The molecule has 0 bridgehead atoms. The van der Waals surface area contributed by atoms with Crippen LogP contribution in [0.4, 0.5) is 0 Å². The Bertz CT molecular complexity index is 886. The molecule has 0 fully saturated rings. The van der Waals surface area contributed by atoms with Crippen molar-refractivity contribution in [1.29, 1.82) is 0 Å². The fourth-order valence-corrected chi connectivity index (χ4v) is 3.12. The van der Waals surface area contributed by atoms with Crippen LogP contribution in [0.15, 0.2) is 47.4 Å². The summed E-state index contributed by atoms with van der Waals surface area (Å²) in [6.45, 7) is 4.36. The van der Waals surface area contributed by atoms with Crippen LogP contribution in [0.3, 0.4) is 0 Å². The molecular weight excluding hydrogens is 380 g/mol. The molecule has 1 amide bonds. The highest BCUT2D eigenvalue weighted by Crippen LogP contribution is 2.30. The highest BCUT2D eigenvalue weighted by Gasteiger charge is 2.18. The molecule has 7 nitrogen and oxygen atoms in total. The number of ether oxygens (including phenoxy) is 2. The predicted octanol–water partition coefficient (Wildman–Crippen LogP) is 2.76. The molecule has 0 unspecified atom stereocenters. The first kappa shape index (κ1) is 20.0. The summed E-state index contributed by atoms with van der Waals surface area (Å²) in [6.07, 6.45) is 0. The number of hydrogen-bond donors (Lipinski definition) is 2. The van der Waals surface area contributed by atoms with Crippen molar-refractivity contribution in [3.05, 3.63) is 53.1 Å². The van der Waals surface area contributed by atoms with E-state index < -0.39 is 15.9 Å². The summed E-state index contributed by atoms with van der Waals surface area (Å²) in [6, 6.07) is 10.3. The number of halogens is 1. The maximum Gasteiger partial charge on any atom is 0.266 e. The van der Waals surface area contributed by atoms with Gasteiger partial charge in [0.1, 0.15) is 0 Å². The molecule has 0 atom stereocenters. The average molecular weight is 399 g/mol. The fraction of sp³-hybridized carbons (Fsp3) is 0.235. The lowest BCUT2D eigenvalue weighted by atomic mass is 10.2. The number of sulfonamides is 1. The average Bonchev–Trinajstić information content (AvgIpc) is 2.61. The van der Waals surface area contributed by atoms with Crippen LogP contribution in [0.5, 0.6) is 11.5 Å². The number of nitrogens with one attached hydrogen (secondary N) is 2. The molecule has 0 saturated carbocycles. The van der Waals surface area contributed by atoms with Gasteiger partial charge < -0.3 is 9.47 Å². The minimum absolute atomic E-state index is 0.0733. The van der Waals surface area contributed by atoms with Crippen LogP contribution in [0.1, 0.15) is 24.2 Å². The Balaban J connectivity index is 2.16. The fourth-order valence-electron chi connectivity index (χ4n) is 2.07. The van der Waals surface area contributed by atoms with E-state index in [0.717, 1.165) is 0 Å². The topological polar surface area (TPSA) is 93.7 Å². The SMILES string of the molecule is CCOc1ccc(S(=O)(=O)NNC(=O)c2cccc(Cl)c2)cc1OCC. The Kier molecular flexibility index (Phi) is 6.84. The lowest BCUT2D eigenvalue weighted by molar-refractivity contribution is 0.0945. The van der Waals surface area contributed by atoms with Gasteiger partial charge in [-0.25, -0.2) is 8.42 Å². The van der Waals surface area contributed by atoms with Gasteiger partial charge in [0, 0.05) is 16.7 Å². The molecule has 2 aromatic rings. The Morgan fingerprint density at radius 1 is 1.04 bits per heavy atom. The third kappa shape index (κ3) is 5.10. The summed E-state index contributed by atoms with van der Waals surface area (Å²) in [5.41, 5.74) is 2.37. The molecule has 2 rings (SSSR count). The number of carbonyl (C=O) groups is 1. The quantitative estimate of drug-likeness (QED) is 0.667. The number of rotatable bonds is 8. The van der Waals surface area contributed by atoms with Crippen molar-refractivity contribution in [1.82, 2.24) is 10.3 Å². The van der Waals surface area contributed by atoms with Gasteiger partial charge in [0.2, 0.25) is 0 Å². The summed E-state index contributed by atoms with van der Waals surface area (Å²) in [5.74, 6) is 0.113. The van der Waals surface area contributed by atoms with Crippen molar-refractivity contribution in [3.8, 4) is 11.5 Å². The number of benzene rings is 2. The standard InChI is InChI=1S/C17H19ClN2O5S/c1-3-24-15-9-8-14(11-16(15)25-4-2)26(22,23)20-19-17(21)12-6-5-7-13(18)10-12/h5-11,20H,3-4H2,1-2H3,(H,19,21). The maximum atomic E-state index is 12.4. The molecule has 2 N–H and O–H groups in total. The smallest absolute Gasteiger partial charge is 0.266 e. The van der Waals surface area contributed by atoms with E-state index in [2.05, 4.69) is 5.43 Å². The number of hydrogen-bond acceptors (Lipinski definition) is 5. The van der Waals surface area contributed by atoms with Crippen LogP contribution in [-0.2, 0) is 10.0 Å². The number of hydrazine groups is 1. The van der Waals surface area contributed by atoms with E-state index in [9.17, 15) is 13.2 Å². The molecule has 0 aliphatic carbocycles. The van der Waals surface area contributed by atoms with Gasteiger partial charge in [0.25, 0.3) is 15.9 Å². The molecular formula is C17H19ClN2O5S. The van der Waals surface area contributed by atoms with Gasteiger partial charge in [0.15, 0.2) is 11.5 Å². The second-order valence-corrected chi connectivity index (χ2v) is 7.16. The molecule has 140 valence electrons. The highest BCUT2D eigenvalue weighted by molar-refractivity contribution is 7.89. The van der Waals surface area contributed by atoms with Gasteiger partial charge in [0.05, 0.1) is 18.1 Å². The van der Waals surface area contributed by atoms with Crippen molar-refractivity contribution in [2.45, 2.75) is 18.7 Å². The molecule has 9 heteroatoms. The molecule has 0 radical (unpaired) electrons. The van der Waals surface area contributed by atoms with Crippen molar-refractivity contribution in [2.75, 3.05) is 13.2 Å². The Morgan fingerprint density at radius 2 is 1.73 bits per heavy atom. The molecule has 0 aliphatic heterocycles. The van der Waals surface area contributed by atoms with Crippen LogP contribution < -0.4 is 19.7 Å². The first-order valence-corrected chi connectivity index (χ1v) is 9.71. The maximum absolute atomic E-state index is 12.4. The predicted molar refractivity (Wildman–Crippen MR) is 98.0 cm³/mol. The molecule has 0 heterocycles. The van der Waals surface area contributed by atoms with E-state index in [-0.39, 0.29) is 10.5 Å². The first-order chi connectivity index (χ1) is 12.4. The van der Waals surface area contributed by atoms with Gasteiger partial charge in [-0.15, -0.1) is 4.83 Å². The van der Waals surface area contributed by atoms with Crippen molar-refractivity contribution in [2.24, 2.45) is 0 Å². The second kappa shape index (κ2) is 8.88. The van der Waals surface area contributed by atoms with Crippen molar-refractivity contribution >= 4 is 27.5 Å². The number of carbonyl (C=O) groups excluding carboxylic acids is 1. The Labute approximate surface area is 157 Å². The summed E-state index contributed by atoms with van der Waals surface area (Å²) in [4.78, 5) is 14.0. The molecule has 0 aliphatic rings. The Morgan fingerprint density at radius 3 is 2.38 bits per heavy atom. The Hall–Kier alpha value is -2.29. The van der Waals surface area contributed by atoms with E-state index in [1.807, 2.05) is 11.8 Å². The van der Waals surface area contributed by atoms with Gasteiger partial charge in [-0.1, -0.05) is 17.7 Å². The normalized spacial score (nSPS) is 11.0. The largest absolute Gasteiger partial charge is 0.490 e. The van der Waals surface area contributed by atoms with Crippen LogP contribution >= 0.6 is 11.6 Å². The molecule has 0 aromatic heterocycles. The number of amides is 1. The van der Waals surface area contributed by atoms with E-state index in [1.54, 1.807) is 19.1 Å². The summed E-state index contributed by atoms with van der Waals surface area (Å²) < 4.78 is 35.6. The van der Waals surface area contributed by atoms with E-state index in [4.69, 9.17) is 21.1 Å². The summed E-state index contributed by atoms with van der Waals surface area (Å²) in [7, 11) is -4.00. The second-order valence-electron chi connectivity index (χ2n) is 5.04. The van der Waals surface area contributed by atoms with Gasteiger partial charge in [-0.05, 0) is 44.2 Å². The van der Waals surface area contributed by atoms with Crippen LogP contribution in [0.2, 0.25) is 5.02 Å². The summed E-state index contributed by atoms with van der Waals surface area (Å²) >= 11 is 5.82. The van der Waals surface area contributed by atoms with Crippen molar-refractivity contribution in [3.63, 3.8) is 0 Å². The van der Waals surface area contributed by atoms with Crippen LogP contribution in [0.25, 0.3) is 0 Å². The van der Waals surface area contributed by atoms with E-state index in [1.165, 1.54) is 30.3 Å². The summed E-state index contributed by atoms with van der Waals surface area (Å²) in [5, 5.41) is 0.369. The van der Waals surface area contributed by atoms with Crippen LogP contribution in [0, 0.1) is 0 Å². The molecule has 26 heavy (non-hydrogen) atoms. The molecule has 0 saturated heterocycles.